The van der Waals surface area contributed by atoms with E-state index in [1.165, 1.54) is 5.56 Å². The van der Waals surface area contributed by atoms with Crippen molar-refractivity contribution in [3.05, 3.63) is 71.4 Å². The molecule has 35 heavy (non-hydrogen) atoms. The highest BCUT2D eigenvalue weighted by molar-refractivity contribution is 6.45. The van der Waals surface area contributed by atoms with Crippen molar-refractivity contribution in [2.24, 2.45) is 5.92 Å². The van der Waals surface area contributed by atoms with E-state index in [1.807, 2.05) is 24.1 Å². The highest BCUT2D eigenvalue weighted by Gasteiger charge is 2.29. The summed E-state index contributed by atoms with van der Waals surface area (Å²) in [7, 11) is 2.01. The highest BCUT2D eigenvalue weighted by Crippen LogP contribution is 2.25. The molecule has 2 aliphatic rings. The van der Waals surface area contributed by atoms with E-state index in [4.69, 9.17) is 0 Å². The molecule has 2 saturated heterocycles. The molecular formula is C28H32N4O3. The molecule has 182 valence electrons. The minimum Gasteiger partial charge on any atom is -0.360 e. The molecular weight excluding hydrogens is 440 g/mol. The molecule has 0 radical (unpaired) electrons. The van der Waals surface area contributed by atoms with Crippen LogP contribution >= 0.6 is 0 Å². The Morgan fingerprint density at radius 2 is 1.60 bits per heavy atom. The fraction of sp³-hybridized carbons (Fsp3) is 0.393. The maximum atomic E-state index is 13.3. The van der Waals surface area contributed by atoms with Crippen LogP contribution in [-0.4, -0.2) is 83.6 Å². The average Bonchev–Trinajstić information content (AvgIpc) is 3.32. The number of hydrogen-bond acceptors (Lipinski definition) is 4. The van der Waals surface area contributed by atoms with Crippen LogP contribution in [0, 0.1) is 5.92 Å². The molecule has 3 aromatic rings. The molecule has 0 aliphatic carbocycles. The van der Waals surface area contributed by atoms with Crippen molar-refractivity contribution in [1.82, 2.24) is 19.7 Å². The van der Waals surface area contributed by atoms with E-state index < -0.39 is 11.7 Å². The summed E-state index contributed by atoms with van der Waals surface area (Å²) >= 11 is 0. The smallest absolute Gasteiger partial charge is 0.295 e. The highest BCUT2D eigenvalue weighted by atomic mass is 16.2. The third-order valence-corrected chi connectivity index (χ3v) is 7.43. The first-order valence-electron chi connectivity index (χ1n) is 12.5. The first kappa shape index (κ1) is 23.3. The number of rotatable bonds is 5. The fourth-order valence-electron chi connectivity index (χ4n) is 5.18. The topological polar surface area (TPSA) is 76.7 Å². The Morgan fingerprint density at radius 3 is 2.31 bits per heavy atom. The van der Waals surface area contributed by atoms with Gasteiger partial charge >= 0.3 is 0 Å². The Kier molecular flexibility index (Phi) is 6.68. The van der Waals surface area contributed by atoms with E-state index >= 15 is 0 Å². The number of aromatic amines is 1. The average molecular weight is 473 g/mol. The number of likely N-dealkylation sites (tertiary alicyclic amines) is 1. The molecule has 0 bridgehead atoms. The lowest BCUT2D eigenvalue weighted by Crippen LogP contribution is -2.49. The van der Waals surface area contributed by atoms with Crippen molar-refractivity contribution in [2.75, 3.05) is 46.3 Å². The first-order valence-corrected chi connectivity index (χ1v) is 12.5. The Hall–Kier alpha value is -3.45. The van der Waals surface area contributed by atoms with Gasteiger partial charge in [0.1, 0.15) is 0 Å². The molecule has 2 amide bonds. The van der Waals surface area contributed by atoms with Gasteiger partial charge in [-0.2, -0.15) is 0 Å². The summed E-state index contributed by atoms with van der Waals surface area (Å²) in [5.41, 5.74) is 2.98. The molecule has 2 aromatic carbocycles. The number of nitrogens with zero attached hydrogens (tertiary/aromatic N) is 3. The van der Waals surface area contributed by atoms with Crippen LogP contribution in [0.25, 0.3) is 10.9 Å². The number of ketones is 1. The second-order valence-corrected chi connectivity index (χ2v) is 9.81. The lowest BCUT2D eigenvalue weighted by Gasteiger charge is -2.32. The summed E-state index contributed by atoms with van der Waals surface area (Å²) < 4.78 is 0. The van der Waals surface area contributed by atoms with Gasteiger partial charge in [0.25, 0.3) is 17.6 Å². The molecule has 2 fully saturated rings. The molecule has 2 aliphatic heterocycles. The number of aromatic nitrogens is 1. The summed E-state index contributed by atoms with van der Waals surface area (Å²) in [5, 5.41) is 0.627. The number of likely N-dealkylation sites (N-methyl/N-ethyl adjacent to an activating group) is 1. The first-order chi connectivity index (χ1) is 17.0. The zero-order valence-electron chi connectivity index (χ0n) is 20.2. The van der Waals surface area contributed by atoms with E-state index in [0.717, 1.165) is 51.0 Å². The van der Waals surface area contributed by atoms with Gasteiger partial charge in [-0.25, -0.2) is 0 Å². The van der Waals surface area contributed by atoms with Crippen molar-refractivity contribution >= 4 is 28.5 Å². The summed E-state index contributed by atoms with van der Waals surface area (Å²) in [6.07, 6.45) is 4.60. The largest absolute Gasteiger partial charge is 0.360 e. The number of piperazine rings is 1. The third-order valence-electron chi connectivity index (χ3n) is 7.43. The normalized spacial score (nSPS) is 17.6. The second-order valence-electron chi connectivity index (χ2n) is 9.81. The van der Waals surface area contributed by atoms with E-state index in [1.54, 1.807) is 23.2 Å². The van der Waals surface area contributed by atoms with E-state index in [-0.39, 0.29) is 5.91 Å². The number of carbonyl (C=O) groups excluding carboxylic acids is 3. The summed E-state index contributed by atoms with van der Waals surface area (Å²) in [5.74, 6) is -0.434. The van der Waals surface area contributed by atoms with Crippen LogP contribution in [0.3, 0.4) is 0 Å². The molecule has 0 atom stereocenters. The second kappa shape index (κ2) is 10.0. The number of fused-ring (bicyclic) bond motifs is 1. The molecule has 0 spiro atoms. The molecule has 3 heterocycles. The number of hydrogen-bond donors (Lipinski definition) is 1. The van der Waals surface area contributed by atoms with Gasteiger partial charge in [0.15, 0.2) is 0 Å². The maximum Gasteiger partial charge on any atom is 0.295 e. The summed E-state index contributed by atoms with van der Waals surface area (Å²) in [6, 6.07) is 15.9. The standard InChI is InChI=1S/C28H32N4O3/c1-30-13-15-32(16-14-30)28(35)26(33)24-19-29-25-8-7-22(18-23(24)25)27(34)31-11-9-21(10-12-31)17-20-5-3-2-4-6-20/h2-8,18-19,21,29H,9-17H2,1H3. The lowest BCUT2D eigenvalue weighted by atomic mass is 9.90. The number of piperidine rings is 1. The van der Waals surface area contributed by atoms with Gasteiger partial charge in [-0.05, 0) is 56.0 Å². The predicted molar refractivity (Wildman–Crippen MR) is 135 cm³/mol. The van der Waals surface area contributed by atoms with Crippen molar-refractivity contribution in [1.29, 1.82) is 0 Å². The van der Waals surface area contributed by atoms with E-state index in [0.29, 0.717) is 35.5 Å². The maximum absolute atomic E-state index is 13.3. The fourth-order valence-corrected chi connectivity index (χ4v) is 5.18. The van der Waals surface area contributed by atoms with Crippen LogP contribution in [0.5, 0.6) is 0 Å². The lowest BCUT2D eigenvalue weighted by molar-refractivity contribution is -0.127. The molecule has 7 nitrogen and oxygen atoms in total. The van der Waals surface area contributed by atoms with Gasteiger partial charge in [-0.1, -0.05) is 30.3 Å². The van der Waals surface area contributed by atoms with Gasteiger partial charge in [0.2, 0.25) is 0 Å². The molecule has 1 N–H and O–H groups in total. The molecule has 0 unspecified atom stereocenters. The molecule has 7 heteroatoms. The van der Waals surface area contributed by atoms with Crippen molar-refractivity contribution < 1.29 is 14.4 Å². The van der Waals surface area contributed by atoms with E-state index in [2.05, 4.69) is 34.1 Å². The molecule has 5 rings (SSSR count). The van der Waals surface area contributed by atoms with Gasteiger partial charge < -0.3 is 19.7 Å². The SMILES string of the molecule is CN1CCN(C(=O)C(=O)c2c[nH]c3ccc(C(=O)N4CCC(Cc5ccccc5)CC4)cc23)CC1. The Morgan fingerprint density at radius 1 is 0.886 bits per heavy atom. The number of Topliss-reactive ketones (excluding diaryl/α,β-unsaturated/α-hetero) is 1. The van der Waals surface area contributed by atoms with Crippen molar-refractivity contribution in [3.8, 4) is 0 Å². The number of H-pyrrole nitrogens is 1. The Labute approximate surface area is 205 Å². The third kappa shape index (κ3) is 5.00. The minimum absolute atomic E-state index is 0.0185. The number of benzene rings is 2. The Bertz CT molecular complexity index is 1220. The van der Waals surface area contributed by atoms with Crippen LogP contribution in [0.2, 0.25) is 0 Å². The van der Waals surface area contributed by atoms with Crippen LogP contribution in [0.4, 0.5) is 0 Å². The zero-order chi connectivity index (χ0) is 24.4. The van der Waals surface area contributed by atoms with Crippen LogP contribution < -0.4 is 0 Å². The van der Waals surface area contributed by atoms with E-state index in [9.17, 15) is 14.4 Å². The number of carbonyl (C=O) groups is 3. The van der Waals surface area contributed by atoms with Gasteiger partial charge in [-0.3, -0.25) is 14.4 Å². The predicted octanol–water partition coefficient (Wildman–Crippen LogP) is 3.22. The van der Waals surface area contributed by atoms with Crippen LogP contribution in [-0.2, 0) is 11.2 Å². The van der Waals surface area contributed by atoms with Gasteiger partial charge in [0.05, 0.1) is 5.56 Å². The van der Waals surface area contributed by atoms with Gasteiger partial charge in [-0.15, -0.1) is 0 Å². The zero-order valence-corrected chi connectivity index (χ0v) is 20.2. The van der Waals surface area contributed by atoms with Crippen molar-refractivity contribution in [2.45, 2.75) is 19.3 Å². The molecule has 1 aromatic heterocycles. The Balaban J connectivity index is 1.26. The summed E-state index contributed by atoms with van der Waals surface area (Å²) in [6.45, 7) is 4.08. The quantitative estimate of drug-likeness (QED) is 0.457. The monoisotopic (exact) mass is 472 g/mol. The van der Waals surface area contributed by atoms with Crippen molar-refractivity contribution in [3.63, 3.8) is 0 Å². The molecule has 0 saturated carbocycles. The summed E-state index contributed by atoms with van der Waals surface area (Å²) in [4.78, 5) is 47.9. The van der Waals surface area contributed by atoms with Gasteiger partial charge in [0, 0.05) is 61.9 Å². The van der Waals surface area contributed by atoms with Crippen LogP contribution in [0.1, 0.15) is 39.1 Å². The number of nitrogens with one attached hydrogen (secondary N) is 1. The minimum atomic E-state index is -0.521. The van der Waals surface area contributed by atoms with Crippen LogP contribution in [0.15, 0.2) is 54.7 Å². The number of amides is 2.